The number of aromatic nitrogens is 3. The van der Waals surface area contributed by atoms with Gasteiger partial charge in [0.2, 0.25) is 0 Å². The van der Waals surface area contributed by atoms with Crippen LogP contribution in [0.1, 0.15) is 35.9 Å². The van der Waals surface area contributed by atoms with Gasteiger partial charge in [-0.25, -0.2) is 4.98 Å². The summed E-state index contributed by atoms with van der Waals surface area (Å²) >= 11 is 5.04. The highest BCUT2D eigenvalue weighted by molar-refractivity contribution is 9.10. The number of fused-ring (bicyclic) bond motifs is 1. The summed E-state index contributed by atoms with van der Waals surface area (Å²) in [6, 6.07) is 8.00. The van der Waals surface area contributed by atoms with Crippen molar-refractivity contribution in [3.8, 4) is 0 Å². The summed E-state index contributed by atoms with van der Waals surface area (Å²) in [6.45, 7) is 5.18. The molecular weight excluding hydrogens is 390 g/mol. The minimum atomic E-state index is -0.198. The van der Waals surface area contributed by atoms with Gasteiger partial charge in [-0.1, -0.05) is 37.3 Å². The van der Waals surface area contributed by atoms with Crippen molar-refractivity contribution in [1.82, 2.24) is 20.5 Å². The number of nitrogens with one attached hydrogen (secondary N) is 3. The van der Waals surface area contributed by atoms with Crippen LogP contribution in [0, 0.1) is 0 Å². The van der Waals surface area contributed by atoms with Gasteiger partial charge < -0.3 is 10.6 Å². The molecule has 0 fully saturated rings. The molecule has 0 atom stereocenters. The van der Waals surface area contributed by atoms with Gasteiger partial charge in [-0.15, -0.1) is 0 Å². The number of hydrogen-bond acceptors (Lipinski definition) is 5. The Kier molecular flexibility index (Phi) is 5.15. The number of anilines is 1. The van der Waals surface area contributed by atoms with Gasteiger partial charge in [-0.3, -0.25) is 9.89 Å². The molecule has 126 valence electrons. The van der Waals surface area contributed by atoms with Gasteiger partial charge in [0.05, 0.1) is 20.4 Å². The minimum Gasteiger partial charge on any atom is -0.360 e. The number of carbonyl (C=O) groups is 1. The van der Waals surface area contributed by atoms with Crippen LogP contribution in [0.2, 0.25) is 0 Å². The molecule has 2 heterocycles. The van der Waals surface area contributed by atoms with E-state index in [2.05, 4.69) is 41.7 Å². The SMILES string of the molecule is CC(C)c1[nH]nc(C(=O)NCCNc2nc3ccccc3s2)c1Br. The molecule has 2 aromatic heterocycles. The molecule has 1 amide bonds. The van der Waals surface area contributed by atoms with Crippen LogP contribution in [-0.4, -0.2) is 34.2 Å². The lowest BCUT2D eigenvalue weighted by Gasteiger charge is -2.05. The topological polar surface area (TPSA) is 82.7 Å². The van der Waals surface area contributed by atoms with E-state index in [1.54, 1.807) is 11.3 Å². The van der Waals surface area contributed by atoms with E-state index in [4.69, 9.17) is 0 Å². The van der Waals surface area contributed by atoms with Crippen molar-refractivity contribution >= 4 is 48.5 Å². The Morgan fingerprint density at radius 3 is 2.83 bits per heavy atom. The number of aromatic amines is 1. The van der Waals surface area contributed by atoms with Crippen molar-refractivity contribution in [3.05, 3.63) is 40.1 Å². The van der Waals surface area contributed by atoms with E-state index >= 15 is 0 Å². The fraction of sp³-hybridized carbons (Fsp3) is 0.312. The summed E-state index contributed by atoms with van der Waals surface area (Å²) in [5, 5.41) is 13.9. The number of hydrogen-bond donors (Lipinski definition) is 3. The quantitative estimate of drug-likeness (QED) is 0.543. The van der Waals surface area contributed by atoms with E-state index in [9.17, 15) is 4.79 Å². The van der Waals surface area contributed by atoms with Gasteiger partial charge in [0.1, 0.15) is 0 Å². The third-order valence-electron chi connectivity index (χ3n) is 3.51. The molecule has 3 N–H and O–H groups in total. The predicted octanol–water partition coefficient (Wildman–Crippen LogP) is 3.75. The molecule has 24 heavy (non-hydrogen) atoms. The number of para-hydroxylation sites is 1. The van der Waals surface area contributed by atoms with Crippen molar-refractivity contribution < 1.29 is 4.79 Å². The number of nitrogens with zero attached hydrogens (tertiary/aromatic N) is 2. The summed E-state index contributed by atoms with van der Waals surface area (Å²) in [5.41, 5.74) is 2.29. The predicted molar refractivity (Wildman–Crippen MR) is 101 cm³/mol. The average Bonchev–Trinajstić information content (AvgIpc) is 3.14. The molecule has 0 unspecified atom stereocenters. The number of halogens is 1. The molecule has 3 aromatic rings. The minimum absolute atomic E-state index is 0.198. The fourth-order valence-corrected chi connectivity index (χ4v) is 3.96. The number of rotatable bonds is 6. The van der Waals surface area contributed by atoms with Gasteiger partial charge in [0.15, 0.2) is 10.8 Å². The maximum Gasteiger partial charge on any atom is 0.273 e. The van der Waals surface area contributed by atoms with E-state index in [1.165, 1.54) is 0 Å². The van der Waals surface area contributed by atoms with Crippen LogP contribution in [0.5, 0.6) is 0 Å². The smallest absolute Gasteiger partial charge is 0.273 e. The number of benzene rings is 1. The molecule has 0 bridgehead atoms. The first-order valence-corrected chi connectivity index (χ1v) is 9.28. The Labute approximate surface area is 152 Å². The monoisotopic (exact) mass is 407 g/mol. The fourth-order valence-electron chi connectivity index (χ4n) is 2.25. The van der Waals surface area contributed by atoms with E-state index < -0.39 is 0 Å². The van der Waals surface area contributed by atoms with Crippen LogP contribution in [0.3, 0.4) is 0 Å². The summed E-state index contributed by atoms with van der Waals surface area (Å²) in [6.07, 6.45) is 0. The standard InChI is InChI=1S/C16H18BrN5OS/c1-9(2)13-12(17)14(22-21-13)15(23)18-7-8-19-16-20-10-5-3-4-6-11(10)24-16/h3-6,9H,7-8H2,1-2H3,(H,18,23)(H,19,20)(H,21,22). The molecule has 3 rings (SSSR count). The second kappa shape index (κ2) is 7.31. The first-order chi connectivity index (χ1) is 11.6. The number of H-pyrrole nitrogens is 1. The van der Waals surface area contributed by atoms with Crippen molar-refractivity contribution in [2.45, 2.75) is 19.8 Å². The lowest BCUT2D eigenvalue weighted by molar-refractivity contribution is 0.0949. The Bertz CT molecular complexity index is 824. The average molecular weight is 408 g/mol. The summed E-state index contributed by atoms with van der Waals surface area (Å²) < 4.78 is 1.87. The van der Waals surface area contributed by atoms with E-state index in [1.807, 2.05) is 38.1 Å². The van der Waals surface area contributed by atoms with Gasteiger partial charge in [0, 0.05) is 13.1 Å². The Morgan fingerprint density at radius 1 is 1.33 bits per heavy atom. The first kappa shape index (κ1) is 16.9. The molecular formula is C16H18BrN5OS. The maximum absolute atomic E-state index is 12.2. The normalized spacial score (nSPS) is 11.2. The zero-order chi connectivity index (χ0) is 17.1. The highest BCUT2D eigenvalue weighted by Gasteiger charge is 2.18. The van der Waals surface area contributed by atoms with Crippen LogP contribution in [0.4, 0.5) is 5.13 Å². The second-order valence-corrected chi connectivity index (χ2v) is 7.45. The number of thiazole rings is 1. The van der Waals surface area contributed by atoms with Crippen LogP contribution >= 0.6 is 27.3 Å². The van der Waals surface area contributed by atoms with Crippen LogP contribution in [0.15, 0.2) is 28.7 Å². The zero-order valence-corrected chi connectivity index (χ0v) is 15.8. The molecule has 0 spiro atoms. The molecule has 0 aliphatic carbocycles. The zero-order valence-electron chi connectivity index (χ0n) is 13.4. The number of carbonyl (C=O) groups excluding carboxylic acids is 1. The summed E-state index contributed by atoms with van der Waals surface area (Å²) in [5.74, 6) is 0.0743. The third-order valence-corrected chi connectivity index (χ3v) is 5.30. The molecule has 0 radical (unpaired) electrons. The first-order valence-electron chi connectivity index (χ1n) is 7.67. The van der Waals surface area contributed by atoms with Gasteiger partial charge in [-0.2, -0.15) is 5.10 Å². The van der Waals surface area contributed by atoms with Crippen LogP contribution < -0.4 is 10.6 Å². The molecule has 8 heteroatoms. The van der Waals surface area contributed by atoms with Gasteiger partial charge in [0.25, 0.3) is 5.91 Å². The van der Waals surface area contributed by atoms with E-state index in [-0.39, 0.29) is 11.8 Å². The molecule has 1 aromatic carbocycles. The highest BCUT2D eigenvalue weighted by Crippen LogP contribution is 2.26. The molecule has 6 nitrogen and oxygen atoms in total. The lowest BCUT2D eigenvalue weighted by atomic mass is 10.1. The van der Waals surface area contributed by atoms with E-state index in [0.29, 0.717) is 18.8 Å². The van der Waals surface area contributed by atoms with Crippen molar-refractivity contribution in [2.24, 2.45) is 0 Å². The molecule has 0 aliphatic heterocycles. The summed E-state index contributed by atoms with van der Waals surface area (Å²) in [7, 11) is 0. The highest BCUT2D eigenvalue weighted by atomic mass is 79.9. The Morgan fingerprint density at radius 2 is 2.12 bits per heavy atom. The largest absolute Gasteiger partial charge is 0.360 e. The Balaban J connectivity index is 1.52. The van der Waals surface area contributed by atoms with Crippen molar-refractivity contribution in [3.63, 3.8) is 0 Å². The van der Waals surface area contributed by atoms with Gasteiger partial charge in [-0.05, 0) is 34.0 Å². The third kappa shape index (κ3) is 3.59. The van der Waals surface area contributed by atoms with Crippen molar-refractivity contribution in [1.29, 1.82) is 0 Å². The van der Waals surface area contributed by atoms with Crippen molar-refractivity contribution in [2.75, 3.05) is 18.4 Å². The maximum atomic E-state index is 12.2. The molecule has 0 saturated heterocycles. The summed E-state index contributed by atoms with van der Waals surface area (Å²) in [4.78, 5) is 16.7. The Hall–Kier alpha value is -1.93. The number of amides is 1. The molecule has 0 saturated carbocycles. The van der Waals surface area contributed by atoms with E-state index in [0.717, 1.165) is 25.5 Å². The van der Waals surface area contributed by atoms with Crippen LogP contribution in [-0.2, 0) is 0 Å². The van der Waals surface area contributed by atoms with Crippen LogP contribution in [0.25, 0.3) is 10.2 Å². The lowest BCUT2D eigenvalue weighted by Crippen LogP contribution is -2.29. The van der Waals surface area contributed by atoms with Gasteiger partial charge >= 0.3 is 0 Å². The second-order valence-electron chi connectivity index (χ2n) is 5.62. The molecule has 0 aliphatic rings.